The van der Waals surface area contributed by atoms with Crippen LogP contribution in [0.2, 0.25) is 51.4 Å². The summed E-state index contributed by atoms with van der Waals surface area (Å²) in [5.41, 5.74) is 9.15. The molecule has 109 heavy (non-hydrogen) atoms. The van der Waals surface area contributed by atoms with E-state index in [2.05, 4.69) is 49.9 Å². The number of ether oxygens (including phenoxy) is 10. The molecule has 29 nitrogen and oxygen atoms in total. The van der Waals surface area contributed by atoms with Crippen LogP contribution >= 0.6 is 40.5 Å². The van der Waals surface area contributed by atoms with Crippen LogP contribution in [0.25, 0.3) is 0 Å². The number of rotatable bonds is 39. The molecule has 1 heterocycles. The maximum Gasteiger partial charge on any atom is 0.492 e. The zero-order valence-corrected chi connectivity index (χ0v) is 73.5. The van der Waals surface area contributed by atoms with Crippen molar-refractivity contribution in [3.05, 3.63) is 118 Å². The van der Waals surface area contributed by atoms with Crippen molar-refractivity contribution in [2.24, 2.45) is 23.5 Å². The number of benzene rings is 4. The Morgan fingerprint density at radius 1 is 0.532 bits per heavy atom. The molecule has 0 fully saturated rings. The number of nitrogens with zero attached hydrogens (tertiary/aromatic N) is 3. The topological polar surface area (TPSA) is 369 Å². The normalized spacial score (nSPS) is 13.2. The molecule has 1 aliphatic heterocycles. The van der Waals surface area contributed by atoms with E-state index < -0.39 is 107 Å². The summed E-state index contributed by atoms with van der Waals surface area (Å²) in [6, 6.07) is 20.8. The molecule has 5 N–H and O–H groups in total. The number of fused-ring (bicyclic) bond motifs is 1. The number of hydrogen-bond acceptors (Lipinski definition) is 24. The van der Waals surface area contributed by atoms with Crippen LogP contribution in [0.4, 0.5) is 4.79 Å². The van der Waals surface area contributed by atoms with Gasteiger partial charge in [0.1, 0.15) is 83.9 Å². The van der Waals surface area contributed by atoms with Gasteiger partial charge in [0.05, 0.1) is 21.3 Å². The number of nitrogens with one attached hydrogen (secondary N) is 2. The van der Waals surface area contributed by atoms with Crippen LogP contribution in [0.15, 0.2) is 99.6 Å². The zero-order chi connectivity index (χ0) is 79.4. The Morgan fingerprint density at radius 2 is 0.862 bits per heavy atom. The molecule has 1 aliphatic rings. The number of sulfonamides is 3. The molecule has 0 aromatic heterocycles. The van der Waals surface area contributed by atoms with Gasteiger partial charge in [0.2, 0.25) is 30.1 Å². The molecule has 0 radical (unpaired) electrons. The lowest BCUT2D eigenvalue weighted by atomic mass is 9.75. The fourth-order valence-corrected chi connectivity index (χ4v) is 14.6. The smallest absolute Gasteiger partial charge is 0.460 e. The predicted molar refractivity (Wildman–Crippen MR) is 440 cm³/mol. The van der Waals surface area contributed by atoms with Crippen molar-refractivity contribution in [1.82, 2.24) is 23.5 Å². The van der Waals surface area contributed by atoms with Gasteiger partial charge in [-0.25, -0.2) is 39.6 Å². The summed E-state index contributed by atoms with van der Waals surface area (Å²) in [6.07, 6.45) is -0.703. The van der Waals surface area contributed by atoms with E-state index in [0.29, 0.717) is 46.5 Å². The summed E-state index contributed by atoms with van der Waals surface area (Å²) in [5, 5.41) is 15.4. The average molecular weight is 1690 g/mol. The molecule has 0 saturated heterocycles. The molecule has 4 aromatic carbocycles. The SMILES string of the molecule is C.CC(C)[C@H](NC(=O)OC(C)(C)C)C(=O)OCc1ccc(S(=O)(=O)N(COCC[Si](C)(C)C)COCC[Si](C)(C)C)cc1.COCN(COC)S(=O)(=O)c1ccc(COC(=O)[C@@H](N)C(C)C)cc1.COCN(COC)S(=O)(=O)c1ccc(COC(=O)[C@@H](NC(=O)c2ccc3c(c2C)B(O)OC3)C(C)C)cc1.S.S.S. The van der Waals surface area contributed by atoms with E-state index in [9.17, 15) is 54.3 Å². The summed E-state index contributed by atoms with van der Waals surface area (Å²) in [7, 11) is -9.66. The van der Waals surface area contributed by atoms with Crippen molar-refractivity contribution in [3.8, 4) is 0 Å². The first-order chi connectivity index (χ1) is 48.8. The lowest BCUT2D eigenvalue weighted by Gasteiger charge is -2.25. The number of methoxy groups -OCH3 is 4. The lowest BCUT2D eigenvalue weighted by molar-refractivity contribution is -0.149. The predicted octanol–water partition coefficient (Wildman–Crippen LogP) is 8.69. The summed E-state index contributed by atoms with van der Waals surface area (Å²) in [5.74, 6) is -2.71. The summed E-state index contributed by atoms with van der Waals surface area (Å²) >= 11 is 0. The molecule has 0 aliphatic carbocycles. The Morgan fingerprint density at radius 3 is 1.17 bits per heavy atom. The molecule has 0 unspecified atom stereocenters. The Labute approximate surface area is 671 Å². The van der Waals surface area contributed by atoms with Crippen molar-refractivity contribution in [2.75, 3.05) is 82.0 Å². The number of nitrogens with two attached hydrogens (primary N) is 1. The minimum absolute atomic E-state index is 0. The van der Waals surface area contributed by atoms with Crippen molar-refractivity contribution < 1.29 is 106 Å². The van der Waals surface area contributed by atoms with Gasteiger partial charge in [0.25, 0.3) is 5.91 Å². The number of carbonyl (C=O) groups is 5. The van der Waals surface area contributed by atoms with Gasteiger partial charge in [0.15, 0.2) is 0 Å². The van der Waals surface area contributed by atoms with Crippen LogP contribution in [0, 0.1) is 24.7 Å². The van der Waals surface area contributed by atoms with Crippen molar-refractivity contribution >= 4 is 129 Å². The second-order valence-electron chi connectivity index (χ2n) is 29.3. The standard InChI is InChI=1S/C29H54N2O8SSi2.C25H33BN2O9S.C16H26N2O6S.CH4.3H2S/c1-23(2)26(30-28(33)39-29(3,4)5)27(32)38-20-24-12-14-25(15-13-24)40(34,35)31(21-36-16-18-41(6,7)8)22-37-17-19-42(9,10)11;1-16(2)23(27-24(29)21-11-8-19-13-37-26(31)22(19)17(21)3)25(30)36-12-18-6-9-20(10-7-18)38(32,33)28(14-34-4)15-35-5;1-12(2)15(17)16(19)24-9-13-5-7-14(8-6-13)25(20,21)18(10-22-3)11-23-4;;;;/h12-15,23,26H,16-22H2,1-11H3,(H,30,33);6-11,16,23,31H,12-15H2,1-5H3,(H,27,29);5-8,12,15H,9-11,17H2,1-4H3;1H4;3*1H2/t26-;23-;15-;;;;/m000..../s1. The third-order valence-electron chi connectivity index (χ3n) is 15.7. The van der Waals surface area contributed by atoms with Gasteiger partial charge in [-0.2, -0.15) is 40.5 Å². The lowest BCUT2D eigenvalue weighted by Crippen LogP contribution is -2.47. The van der Waals surface area contributed by atoms with E-state index in [1.807, 2.05) is 13.8 Å². The molecule has 3 atom stereocenters. The van der Waals surface area contributed by atoms with Crippen LogP contribution < -0.4 is 21.8 Å². The second-order valence-corrected chi connectivity index (χ2v) is 46.4. The van der Waals surface area contributed by atoms with Crippen LogP contribution in [0.1, 0.15) is 108 Å². The first-order valence-corrected chi connectivity index (χ1v) is 45.9. The number of alkyl carbamates (subject to hydrolysis) is 1. The monoisotopic (exact) mass is 1690 g/mol. The molecular weight excluding hydrogens is 1560 g/mol. The number of esters is 3. The largest absolute Gasteiger partial charge is 0.492 e. The van der Waals surface area contributed by atoms with Gasteiger partial charge >= 0.3 is 31.1 Å². The molecule has 622 valence electrons. The van der Waals surface area contributed by atoms with Gasteiger partial charge in [-0.15, -0.1) is 12.9 Å². The zero-order valence-electron chi connectivity index (χ0n) is 66.1. The van der Waals surface area contributed by atoms with E-state index in [4.69, 9.17) is 57.8 Å². The molecule has 38 heteroatoms. The molecule has 2 amide bonds. The highest BCUT2D eigenvalue weighted by molar-refractivity contribution is 7.89. The third kappa shape index (κ3) is 35.9. The van der Waals surface area contributed by atoms with Crippen LogP contribution in [0.3, 0.4) is 0 Å². The van der Waals surface area contributed by atoms with Gasteiger partial charge in [-0.1, -0.05) is 131 Å². The quantitative estimate of drug-likeness (QED) is 0.0107. The van der Waals surface area contributed by atoms with Crippen LogP contribution in [-0.2, 0) is 123 Å². The van der Waals surface area contributed by atoms with Crippen molar-refractivity contribution in [3.63, 3.8) is 0 Å². The van der Waals surface area contributed by atoms with E-state index >= 15 is 0 Å². The second kappa shape index (κ2) is 49.6. The summed E-state index contributed by atoms with van der Waals surface area (Å²) in [4.78, 5) is 62.8. The maximum absolute atomic E-state index is 13.5. The molecule has 4 aromatic rings. The Hall–Kier alpha value is -5.05. The number of amides is 2. The van der Waals surface area contributed by atoms with Crippen molar-refractivity contribution in [2.45, 2.75) is 193 Å². The van der Waals surface area contributed by atoms with E-state index in [1.54, 1.807) is 104 Å². The summed E-state index contributed by atoms with van der Waals surface area (Å²) < 4.78 is 139. The minimum atomic E-state index is -3.90. The van der Waals surface area contributed by atoms with Gasteiger partial charge in [-0.05, 0) is 133 Å². The van der Waals surface area contributed by atoms with Crippen molar-refractivity contribution in [1.29, 1.82) is 0 Å². The highest BCUT2D eigenvalue weighted by atomic mass is 32.2. The van der Waals surface area contributed by atoms with E-state index in [-0.39, 0.29) is 147 Å². The molecule has 5 rings (SSSR count). The average Bonchev–Trinajstić information content (AvgIpc) is 1.67. The summed E-state index contributed by atoms with van der Waals surface area (Å²) in [6.45, 7) is 31.5. The Bertz CT molecular complexity index is 3730. The highest BCUT2D eigenvalue weighted by Gasteiger charge is 2.35. The first kappa shape index (κ1) is 106. The maximum atomic E-state index is 13.5. The molecule has 0 spiro atoms. The minimum Gasteiger partial charge on any atom is -0.460 e. The number of carbonyl (C=O) groups excluding carboxylic acids is 5. The van der Waals surface area contributed by atoms with Crippen LogP contribution in [-0.4, -0.2) is 202 Å². The van der Waals surface area contributed by atoms with Gasteiger partial charge in [-0.3, -0.25) is 9.59 Å². The van der Waals surface area contributed by atoms with E-state index in [1.165, 1.54) is 69.1 Å². The Kier molecular flexibility index (Phi) is 48.2. The highest BCUT2D eigenvalue weighted by Crippen LogP contribution is 2.24. The first-order valence-electron chi connectivity index (χ1n) is 34.2. The Balaban J connectivity index is 0. The number of hydrogen-bond donors (Lipinski definition) is 4. The molecule has 0 bridgehead atoms. The van der Waals surface area contributed by atoms with Crippen LogP contribution in [0.5, 0.6) is 0 Å². The fraction of sp³-hybridized carbons (Fsp3) is 0.592. The molecule has 0 saturated carbocycles. The molecular formula is C71H123BN6O23S6Si2. The van der Waals surface area contributed by atoms with Gasteiger partial charge < -0.3 is 73.4 Å². The third-order valence-corrected chi connectivity index (χ3v) is 24.4. The van der Waals surface area contributed by atoms with E-state index in [0.717, 1.165) is 26.3 Å². The fourth-order valence-electron chi connectivity index (χ4n) is 9.33. The van der Waals surface area contributed by atoms with Gasteiger partial charge in [0, 0.05) is 63.4 Å².